The van der Waals surface area contributed by atoms with Crippen molar-refractivity contribution in [1.82, 2.24) is 14.8 Å². The van der Waals surface area contributed by atoms with Crippen molar-refractivity contribution in [3.8, 4) is 0 Å². The van der Waals surface area contributed by atoms with Crippen LogP contribution in [0.25, 0.3) is 0 Å². The first-order valence-corrected chi connectivity index (χ1v) is 7.20. The smallest absolute Gasteiger partial charge is 0.195 e. The van der Waals surface area contributed by atoms with E-state index >= 15 is 0 Å². The molecule has 1 aromatic heterocycles. The first-order chi connectivity index (χ1) is 7.52. The van der Waals surface area contributed by atoms with Crippen LogP contribution in [0.15, 0.2) is 0 Å². The molecule has 0 spiro atoms. The molecule has 1 unspecified atom stereocenters. The van der Waals surface area contributed by atoms with Gasteiger partial charge < -0.3 is 4.57 Å². The van der Waals surface area contributed by atoms with E-state index in [1.807, 2.05) is 0 Å². The summed E-state index contributed by atoms with van der Waals surface area (Å²) in [6.07, 6.45) is 2.60. The Balaban J connectivity index is 2.26. The predicted molar refractivity (Wildman–Crippen MR) is 71.6 cm³/mol. The molecule has 1 aliphatic rings. The Morgan fingerprint density at radius 1 is 1.62 bits per heavy atom. The molecule has 2 heterocycles. The van der Waals surface area contributed by atoms with E-state index in [2.05, 4.69) is 47.3 Å². The maximum atomic E-state index is 5.31. The van der Waals surface area contributed by atoms with Crippen molar-refractivity contribution < 1.29 is 0 Å². The Labute approximate surface area is 106 Å². The number of thioether (sulfide) groups is 1. The van der Waals surface area contributed by atoms with Crippen LogP contribution in [0.4, 0.5) is 0 Å². The number of nitrogens with one attached hydrogen (secondary N) is 1. The molecule has 1 N–H and O–H groups in total. The van der Waals surface area contributed by atoms with Gasteiger partial charge in [0.05, 0.1) is 0 Å². The van der Waals surface area contributed by atoms with Gasteiger partial charge in [-0.1, -0.05) is 13.8 Å². The minimum Gasteiger partial charge on any atom is -0.303 e. The summed E-state index contributed by atoms with van der Waals surface area (Å²) in [4.78, 5) is 0. The van der Waals surface area contributed by atoms with E-state index < -0.39 is 0 Å². The highest BCUT2D eigenvalue weighted by molar-refractivity contribution is 8.00. The maximum absolute atomic E-state index is 5.31. The first kappa shape index (κ1) is 12.2. The number of hydrogen-bond acceptors (Lipinski definition) is 3. The minimum absolute atomic E-state index is 0.339. The third-order valence-electron chi connectivity index (χ3n) is 3.10. The largest absolute Gasteiger partial charge is 0.303 e. The lowest BCUT2D eigenvalue weighted by atomic mass is 10.1. The summed E-state index contributed by atoms with van der Waals surface area (Å²) in [6, 6.07) is 0. The number of hydrogen-bond donors (Lipinski definition) is 1. The molecule has 0 aromatic carbocycles. The normalized spacial score (nSPS) is 25.5. The first-order valence-electron chi connectivity index (χ1n) is 5.81. The highest BCUT2D eigenvalue weighted by Gasteiger charge is 2.31. The molecule has 5 heteroatoms. The van der Waals surface area contributed by atoms with Crippen molar-refractivity contribution in [2.24, 2.45) is 0 Å². The summed E-state index contributed by atoms with van der Waals surface area (Å²) in [5.41, 5.74) is 0. The lowest BCUT2D eigenvalue weighted by molar-refractivity contribution is 0.486. The molecule has 1 aromatic rings. The monoisotopic (exact) mass is 257 g/mol. The zero-order chi connectivity index (χ0) is 11.8. The molecule has 1 saturated heterocycles. The Hall–Kier alpha value is -0.290. The van der Waals surface area contributed by atoms with Crippen molar-refractivity contribution in [2.45, 2.75) is 50.8 Å². The van der Waals surface area contributed by atoms with Crippen molar-refractivity contribution in [3.63, 3.8) is 0 Å². The summed E-state index contributed by atoms with van der Waals surface area (Å²) in [5, 5.41) is 7.24. The second kappa shape index (κ2) is 4.53. The van der Waals surface area contributed by atoms with Gasteiger partial charge in [0.1, 0.15) is 5.82 Å². The van der Waals surface area contributed by atoms with E-state index in [0.29, 0.717) is 10.7 Å². The third kappa shape index (κ3) is 2.35. The van der Waals surface area contributed by atoms with Crippen LogP contribution >= 0.6 is 24.0 Å². The summed E-state index contributed by atoms with van der Waals surface area (Å²) in [6.45, 7) is 7.64. The fourth-order valence-electron chi connectivity index (χ4n) is 2.22. The van der Waals surface area contributed by atoms with E-state index in [9.17, 15) is 0 Å². The summed E-state index contributed by atoms with van der Waals surface area (Å²) >= 11 is 7.38. The SMILES string of the molecule is CC(C)c1n[nH]c(=S)n1CC1(C)CCCS1. The number of nitrogens with zero attached hydrogens (tertiary/aromatic N) is 2. The Morgan fingerprint density at radius 2 is 2.38 bits per heavy atom. The second-order valence-electron chi connectivity index (χ2n) is 5.03. The van der Waals surface area contributed by atoms with Crippen LogP contribution in [0, 0.1) is 4.77 Å². The van der Waals surface area contributed by atoms with Gasteiger partial charge in [-0.2, -0.15) is 16.9 Å². The van der Waals surface area contributed by atoms with Crippen molar-refractivity contribution >= 4 is 24.0 Å². The zero-order valence-electron chi connectivity index (χ0n) is 10.1. The van der Waals surface area contributed by atoms with Crippen LogP contribution in [0.5, 0.6) is 0 Å². The average Bonchev–Trinajstić information content (AvgIpc) is 2.76. The third-order valence-corrected chi connectivity index (χ3v) is 4.93. The minimum atomic E-state index is 0.339. The molecule has 1 aliphatic heterocycles. The molecule has 16 heavy (non-hydrogen) atoms. The van der Waals surface area contributed by atoms with Crippen molar-refractivity contribution in [2.75, 3.05) is 5.75 Å². The van der Waals surface area contributed by atoms with Crippen LogP contribution in [0.1, 0.15) is 45.4 Å². The van der Waals surface area contributed by atoms with Gasteiger partial charge in [0.25, 0.3) is 0 Å². The molecule has 90 valence electrons. The average molecular weight is 257 g/mol. The van der Waals surface area contributed by atoms with Crippen LogP contribution < -0.4 is 0 Å². The molecule has 0 amide bonds. The second-order valence-corrected chi connectivity index (χ2v) is 7.10. The molecular weight excluding hydrogens is 238 g/mol. The van der Waals surface area contributed by atoms with Gasteiger partial charge >= 0.3 is 0 Å². The predicted octanol–water partition coefficient (Wildman–Crippen LogP) is 3.35. The van der Waals surface area contributed by atoms with Crippen LogP contribution in [-0.2, 0) is 6.54 Å². The van der Waals surface area contributed by atoms with Gasteiger partial charge in [-0.3, -0.25) is 5.10 Å². The van der Waals surface area contributed by atoms with Crippen LogP contribution in [0.2, 0.25) is 0 Å². The van der Waals surface area contributed by atoms with E-state index in [1.165, 1.54) is 18.6 Å². The van der Waals surface area contributed by atoms with Crippen molar-refractivity contribution in [3.05, 3.63) is 10.6 Å². The summed E-state index contributed by atoms with van der Waals surface area (Å²) in [7, 11) is 0. The molecule has 0 bridgehead atoms. The van der Waals surface area contributed by atoms with E-state index in [4.69, 9.17) is 12.2 Å². The molecule has 2 rings (SSSR count). The fraction of sp³-hybridized carbons (Fsp3) is 0.818. The fourth-order valence-corrected chi connectivity index (χ4v) is 3.71. The molecule has 0 saturated carbocycles. The molecular formula is C11H19N3S2. The number of H-pyrrole nitrogens is 1. The maximum Gasteiger partial charge on any atom is 0.195 e. The molecule has 3 nitrogen and oxygen atoms in total. The van der Waals surface area contributed by atoms with Gasteiger partial charge in [0.2, 0.25) is 0 Å². The van der Waals surface area contributed by atoms with E-state index in [1.54, 1.807) is 0 Å². The van der Waals surface area contributed by atoms with Gasteiger partial charge in [-0.05, 0) is 37.7 Å². The number of aromatic nitrogens is 3. The lowest BCUT2D eigenvalue weighted by Crippen LogP contribution is -2.25. The quantitative estimate of drug-likeness (QED) is 0.843. The highest BCUT2D eigenvalue weighted by Crippen LogP contribution is 2.39. The Morgan fingerprint density at radius 3 is 2.94 bits per heavy atom. The molecule has 1 fully saturated rings. The van der Waals surface area contributed by atoms with Gasteiger partial charge in [-0.25, -0.2) is 0 Å². The summed E-state index contributed by atoms with van der Waals surface area (Å²) in [5.74, 6) is 2.78. The number of rotatable bonds is 3. The lowest BCUT2D eigenvalue weighted by Gasteiger charge is -2.24. The molecule has 1 atom stereocenters. The standard InChI is InChI=1S/C11H19N3S2/c1-8(2)9-12-13-10(15)14(9)7-11(3)5-4-6-16-11/h8H,4-7H2,1-3H3,(H,13,15). The number of aromatic amines is 1. The summed E-state index contributed by atoms with van der Waals surface area (Å²) < 4.78 is 3.28. The van der Waals surface area contributed by atoms with E-state index in [-0.39, 0.29) is 0 Å². The van der Waals surface area contributed by atoms with Crippen LogP contribution in [-0.4, -0.2) is 25.3 Å². The zero-order valence-corrected chi connectivity index (χ0v) is 11.7. The van der Waals surface area contributed by atoms with Gasteiger partial charge in [0.15, 0.2) is 4.77 Å². The van der Waals surface area contributed by atoms with Gasteiger partial charge in [-0.15, -0.1) is 0 Å². The topological polar surface area (TPSA) is 33.6 Å². The van der Waals surface area contributed by atoms with Crippen LogP contribution in [0.3, 0.4) is 0 Å². The Bertz CT molecular complexity index is 413. The van der Waals surface area contributed by atoms with Crippen molar-refractivity contribution in [1.29, 1.82) is 0 Å². The highest BCUT2D eigenvalue weighted by atomic mass is 32.2. The Kier molecular flexibility index (Phi) is 3.45. The van der Waals surface area contributed by atoms with Gasteiger partial charge in [0, 0.05) is 17.2 Å². The molecule has 0 radical (unpaired) electrons. The van der Waals surface area contributed by atoms with E-state index in [0.717, 1.165) is 17.1 Å². The molecule has 0 aliphatic carbocycles.